The number of nitro benzene ring substituents is 1. The summed E-state index contributed by atoms with van der Waals surface area (Å²) in [6.07, 6.45) is -21.7. The summed E-state index contributed by atoms with van der Waals surface area (Å²) in [6, 6.07) is 0.619. The number of alkyl halides is 12. The number of rotatable bonds is 6. The Kier molecular flexibility index (Phi) is 7.90. The lowest BCUT2D eigenvalue weighted by molar-refractivity contribution is -0.389. The molecular formula is C19H7F13INO3. The molecule has 1 unspecified atom stereocenters. The van der Waals surface area contributed by atoms with Crippen LogP contribution in [-0.4, -0.2) is 29.0 Å². The Morgan fingerprint density at radius 1 is 0.892 bits per heavy atom. The van der Waals surface area contributed by atoms with Gasteiger partial charge in [-0.05, 0) is 46.4 Å². The maximum Gasteiger partial charge on any atom is 0.457 e. The highest BCUT2D eigenvalue weighted by Crippen LogP contribution is 2.59. The molecule has 2 aromatic carbocycles. The van der Waals surface area contributed by atoms with E-state index < -0.39 is 96.7 Å². The molecule has 0 saturated heterocycles. The van der Waals surface area contributed by atoms with Gasteiger partial charge in [-0.3, -0.25) is 14.9 Å². The Morgan fingerprint density at radius 3 is 1.86 bits per heavy atom. The summed E-state index contributed by atoms with van der Waals surface area (Å²) in [6.45, 7) is 0. The summed E-state index contributed by atoms with van der Waals surface area (Å²) >= 11 is 0.733. The average molecular weight is 671 g/mol. The first-order valence-electron chi connectivity index (χ1n) is 9.04. The van der Waals surface area contributed by atoms with Gasteiger partial charge < -0.3 is 0 Å². The highest BCUT2D eigenvalue weighted by Gasteiger charge is 2.81. The standard InChI is InChI=1S/C19H7F13INO3/c20-14-8(2-1-3-12(14)34(36)37)13(35)6-9-10(16(22,23)24)4-7(5-11(9)33)15(21,18(27,28)29)17(25,26)19(30,31)32/h1-5H,6H2. The lowest BCUT2D eigenvalue weighted by atomic mass is 9.85. The third-order valence-electron chi connectivity index (χ3n) is 4.89. The number of benzene rings is 2. The van der Waals surface area contributed by atoms with Crippen molar-refractivity contribution in [2.24, 2.45) is 0 Å². The first kappa shape index (κ1) is 30.6. The Balaban J connectivity index is 2.80. The van der Waals surface area contributed by atoms with E-state index >= 15 is 0 Å². The molecule has 0 saturated carbocycles. The predicted octanol–water partition coefficient (Wildman–Crippen LogP) is 7.71. The molecule has 37 heavy (non-hydrogen) atoms. The third kappa shape index (κ3) is 5.33. The Bertz CT molecular complexity index is 1240. The van der Waals surface area contributed by atoms with E-state index in [9.17, 15) is 72.0 Å². The van der Waals surface area contributed by atoms with Gasteiger partial charge in [-0.15, -0.1) is 0 Å². The molecule has 0 fully saturated rings. The normalized spacial score (nSPS) is 14.9. The van der Waals surface area contributed by atoms with E-state index in [0.29, 0.717) is 12.1 Å². The molecule has 4 nitrogen and oxygen atoms in total. The number of hydrogen-bond donors (Lipinski definition) is 0. The van der Waals surface area contributed by atoms with Gasteiger partial charge in [0.05, 0.1) is 16.1 Å². The van der Waals surface area contributed by atoms with Crippen LogP contribution >= 0.6 is 22.6 Å². The summed E-state index contributed by atoms with van der Waals surface area (Å²) in [5.41, 5.74) is -15.6. The summed E-state index contributed by atoms with van der Waals surface area (Å²) in [5.74, 6) is -10.7. The highest BCUT2D eigenvalue weighted by molar-refractivity contribution is 14.1. The number of hydrogen-bond acceptors (Lipinski definition) is 3. The van der Waals surface area contributed by atoms with Crippen LogP contribution in [0.5, 0.6) is 0 Å². The summed E-state index contributed by atoms with van der Waals surface area (Å²) in [4.78, 5) is 21.9. The minimum atomic E-state index is -7.26. The van der Waals surface area contributed by atoms with Crippen LogP contribution in [0.15, 0.2) is 30.3 Å². The quantitative estimate of drug-likeness (QED) is 0.104. The smallest absolute Gasteiger partial charge is 0.294 e. The molecule has 0 aromatic heterocycles. The van der Waals surface area contributed by atoms with Gasteiger partial charge in [-0.25, -0.2) is 4.39 Å². The van der Waals surface area contributed by atoms with Gasteiger partial charge in [0.25, 0.3) is 0 Å². The fraction of sp³-hybridized carbons (Fsp3) is 0.316. The van der Waals surface area contributed by atoms with Gasteiger partial charge >= 0.3 is 35.8 Å². The van der Waals surface area contributed by atoms with Crippen molar-refractivity contribution in [3.8, 4) is 0 Å². The van der Waals surface area contributed by atoms with E-state index in [4.69, 9.17) is 0 Å². The number of ketones is 1. The second-order valence-electron chi connectivity index (χ2n) is 7.21. The van der Waals surface area contributed by atoms with E-state index in [1.54, 1.807) is 0 Å². The molecule has 0 amide bonds. The van der Waals surface area contributed by atoms with E-state index in [0.717, 1.165) is 28.7 Å². The molecule has 2 aromatic rings. The summed E-state index contributed by atoms with van der Waals surface area (Å²) < 4.78 is 174. The summed E-state index contributed by atoms with van der Waals surface area (Å²) in [7, 11) is 0. The molecule has 0 aliphatic rings. The van der Waals surface area contributed by atoms with Gasteiger partial charge in [0.1, 0.15) is 0 Å². The molecule has 18 heteroatoms. The molecular weight excluding hydrogens is 664 g/mol. The fourth-order valence-electron chi connectivity index (χ4n) is 3.12. The average Bonchev–Trinajstić information content (AvgIpc) is 2.71. The predicted molar refractivity (Wildman–Crippen MR) is 105 cm³/mol. The highest BCUT2D eigenvalue weighted by atomic mass is 127. The van der Waals surface area contributed by atoms with Crippen molar-refractivity contribution in [3.63, 3.8) is 0 Å². The monoisotopic (exact) mass is 671 g/mol. The van der Waals surface area contributed by atoms with Crippen LogP contribution in [0.4, 0.5) is 62.8 Å². The topological polar surface area (TPSA) is 60.2 Å². The molecule has 0 bridgehead atoms. The maximum atomic E-state index is 14.7. The molecule has 2 rings (SSSR count). The lowest BCUT2D eigenvalue weighted by Crippen LogP contribution is -2.59. The second kappa shape index (κ2) is 9.57. The van der Waals surface area contributed by atoms with Crippen LogP contribution < -0.4 is 0 Å². The molecule has 0 aliphatic heterocycles. The molecule has 1 atom stereocenters. The number of Topliss-reactive ketones (excluding diaryl/α,β-unsaturated/α-hetero) is 1. The zero-order chi connectivity index (χ0) is 28.9. The van der Waals surface area contributed by atoms with Crippen molar-refractivity contribution >= 4 is 34.1 Å². The number of nitro groups is 1. The van der Waals surface area contributed by atoms with Gasteiger partial charge in [-0.1, -0.05) is 6.07 Å². The van der Waals surface area contributed by atoms with Crippen LogP contribution in [0.3, 0.4) is 0 Å². The Hall–Kier alpha value is -2.67. The Labute approximate surface area is 209 Å². The van der Waals surface area contributed by atoms with E-state index in [1.807, 2.05) is 0 Å². The van der Waals surface area contributed by atoms with Crippen LogP contribution in [0.2, 0.25) is 0 Å². The molecule has 0 N–H and O–H groups in total. The number of carbonyl (C=O) groups is 1. The third-order valence-corrected chi connectivity index (χ3v) is 5.85. The largest absolute Gasteiger partial charge is 0.457 e. The number of carbonyl (C=O) groups excluding carboxylic acids is 1. The number of nitrogens with zero attached hydrogens (tertiary/aromatic N) is 1. The summed E-state index contributed by atoms with van der Waals surface area (Å²) in [5, 5.41) is 10.8. The Morgan fingerprint density at radius 2 is 1.43 bits per heavy atom. The first-order chi connectivity index (χ1) is 16.5. The van der Waals surface area contributed by atoms with Crippen molar-refractivity contribution in [2.75, 3.05) is 0 Å². The van der Waals surface area contributed by atoms with Crippen LogP contribution in [0.1, 0.15) is 27.0 Å². The van der Waals surface area contributed by atoms with Gasteiger partial charge in [0.15, 0.2) is 5.78 Å². The van der Waals surface area contributed by atoms with Crippen molar-refractivity contribution in [3.05, 3.63) is 72.1 Å². The first-order valence-corrected chi connectivity index (χ1v) is 10.1. The zero-order valence-corrected chi connectivity index (χ0v) is 19.2. The molecule has 0 radical (unpaired) electrons. The van der Waals surface area contributed by atoms with E-state index in [2.05, 4.69) is 0 Å². The van der Waals surface area contributed by atoms with Gasteiger partial charge in [0, 0.05) is 21.6 Å². The molecule has 0 aliphatic carbocycles. The van der Waals surface area contributed by atoms with Crippen molar-refractivity contribution in [1.82, 2.24) is 0 Å². The lowest BCUT2D eigenvalue weighted by Gasteiger charge is -2.36. The molecule has 204 valence electrons. The van der Waals surface area contributed by atoms with Crippen molar-refractivity contribution < 1.29 is 66.8 Å². The van der Waals surface area contributed by atoms with Crippen molar-refractivity contribution in [2.45, 2.75) is 36.5 Å². The number of halogens is 14. The van der Waals surface area contributed by atoms with E-state index in [-0.39, 0.29) is 0 Å². The zero-order valence-electron chi connectivity index (χ0n) is 17.1. The fourth-order valence-corrected chi connectivity index (χ4v) is 3.93. The van der Waals surface area contributed by atoms with Gasteiger partial charge in [-0.2, -0.15) is 52.7 Å². The van der Waals surface area contributed by atoms with Gasteiger partial charge in [0.2, 0.25) is 5.82 Å². The molecule has 0 spiro atoms. The maximum absolute atomic E-state index is 14.7. The minimum Gasteiger partial charge on any atom is -0.294 e. The second-order valence-corrected chi connectivity index (χ2v) is 8.37. The van der Waals surface area contributed by atoms with Crippen LogP contribution in [-0.2, 0) is 18.3 Å². The molecule has 0 heterocycles. The van der Waals surface area contributed by atoms with E-state index in [1.165, 1.54) is 0 Å². The van der Waals surface area contributed by atoms with Crippen molar-refractivity contribution in [1.29, 1.82) is 0 Å². The van der Waals surface area contributed by atoms with Crippen LogP contribution in [0, 0.1) is 19.5 Å². The van der Waals surface area contributed by atoms with Crippen LogP contribution in [0.25, 0.3) is 0 Å². The minimum absolute atomic E-state index is 0.393. The SMILES string of the molecule is O=C(Cc1c(I)cc(C(F)(C(F)(F)F)C(F)(F)C(F)(F)F)cc1C(F)(F)F)c1cccc([N+](=O)[O-])c1F.